The van der Waals surface area contributed by atoms with Crippen LogP contribution in [0.2, 0.25) is 0 Å². The van der Waals surface area contributed by atoms with Crippen LogP contribution in [0.1, 0.15) is 36.5 Å². The van der Waals surface area contributed by atoms with Crippen molar-refractivity contribution < 1.29 is 13.2 Å². The summed E-state index contributed by atoms with van der Waals surface area (Å²) in [5.74, 6) is -0.632. The molecule has 1 atom stereocenters. The number of carbonyl (C=O) groups is 1. The Morgan fingerprint density at radius 3 is 2.60 bits per heavy atom. The molecule has 1 aromatic carbocycles. The summed E-state index contributed by atoms with van der Waals surface area (Å²) in [5.41, 5.74) is 11.2. The van der Waals surface area contributed by atoms with Gasteiger partial charge in [-0.3, -0.25) is 4.79 Å². The fraction of sp³-hybridized carbons (Fsp3) is 0.462. The van der Waals surface area contributed by atoms with Crippen LogP contribution >= 0.6 is 0 Å². The lowest BCUT2D eigenvalue weighted by Crippen LogP contribution is -2.42. The van der Waals surface area contributed by atoms with Crippen LogP contribution in [0, 0.1) is 0 Å². The van der Waals surface area contributed by atoms with E-state index in [1.54, 1.807) is 0 Å². The number of benzene rings is 1. The summed E-state index contributed by atoms with van der Waals surface area (Å²) in [7, 11) is -3.63. The molecule has 1 aromatic rings. The van der Waals surface area contributed by atoms with Gasteiger partial charge in [0.15, 0.2) is 0 Å². The average molecular weight is 297 g/mol. The van der Waals surface area contributed by atoms with Crippen molar-refractivity contribution in [3.05, 3.63) is 23.8 Å². The van der Waals surface area contributed by atoms with Crippen molar-refractivity contribution in [2.45, 2.75) is 37.1 Å². The van der Waals surface area contributed by atoms with Gasteiger partial charge in [-0.1, -0.05) is 6.42 Å². The highest BCUT2D eigenvalue weighted by atomic mass is 32.2. The molecule has 110 valence electrons. The van der Waals surface area contributed by atoms with E-state index in [2.05, 4.69) is 0 Å². The second-order valence-electron chi connectivity index (χ2n) is 5.08. The van der Waals surface area contributed by atoms with Crippen molar-refractivity contribution in [2.24, 2.45) is 5.73 Å². The standard InChI is InChI=1S/C13H19N3O3S/c1-9-4-2-3-7-16(9)20(18,19)12-6-5-10(13(15)17)8-11(12)14/h5-6,8-9H,2-4,7,14H2,1H3,(H2,15,17). The van der Waals surface area contributed by atoms with E-state index in [1.807, 2.05) is 6.92 Å². The number of nitrogens with two attached hydrogens (primary N) is 2. The van der Waals surface area contributed by atoms with Gasteiger partial charge in [0.25, 0.3) is 0 Å². The van der Waals surface area contributed by atoms with E-state index in [0.29, 0.717) is 6.54 Å². The maximum atomic E-state index is 12.6. The summed E-state index contributed by atoms with van der Waals surface area (Å²) in [4.78, 5) is 11.1. The molecule has 20 heavy (non-hydrogen) atoms. The number of nitrogens with zero attached hydrogens (tertiary/aromatic N) is 1. The smallest absolute Gasteiger partial charge is 0.248 e. The molecule has 1 unspecified atom stereocenters. The van der Waals surface area contributed by atoms with Crippen LogP contribution in [-0.4, -0.2) is 31.2 Å². The number of hydrogen-bond donors (Lipinski definition) is 2. The van der Waals surface area contributed by atoms with E-state index < -0.39 is 15.9 Å². The van der Waals surface area contributed by atoms with Gasteiger partial charge in [-0.25, -0.2) is 8.42 Å². The van der Waals surface area contributed by atoms with Crippen molar-refractivity contribution in [2.75, 3.05) is 12.3 Å². The number of piperidine rings is 1. The second-order valence-corrected chi connectivity index (χ2v) is 6.94. The van der Waals surface area contributed by atoms with Crippen LogP contribution in [0.5, 0.6) is 0 Å². The van der Waals surface area contributed by atoms with E-state index >= 15 is 0 Å². The summed E-state index contributed by atoms with van der Waals surface area (Å²) >= 11 is 0. The fourth-order valence-corrected chi connectivity index (χ4v) is 4.29. The molecule has 0 aromatic heterocycles. The van der Waals surface area contributed by atoms with Crippen molar-refractivity contribution in [1.29, 1.82) is 0 Å². The van der Waals surface area contributed by atoms with Crippen LogP contribution in [0.25, 0.3) is 0 Å². The largest absolute Gasteiger partial charge is 0.398 e. The Bertz CT molecular complexity index is 628. The number of amides is 1. The fourth-order valence-electron chi connectivity index (χ4n) is 2.49. The molecule has 4 N–H and O–H groups in total. The monoisotopic (exact) mass is 297 g/mol. The Morgan fingerprint density at radius 1 is 1.35 bits per heavy atom. The highest BCUT2D eigenvalue weighted by molar-refractivity contribution is 7.89. The van der Waals surface area contributed by atoms with Gasteiger partial charge in [0.1, 0.15) is 4.90 Å². The number of sulfonamides is 1. The van der Waals surface area contributed by atoms with Crippen molar-refractivity contribution >= 4 is 21.6 Å². The molecular formula is C13H19N3O3S. The maximum Gasteiger partial charge on any atom is 0.248 e. The molecule has 7 heteroatoms. The third-order valence-electron chi connectivity index (χ3n) is 3.62. The van der Waals surface area contributed by atoms with Crippen LogP contribution in [-0.2, 0) is 10.0 Å². The number of nitrogen functional groups attached to an aromatic ring is 1. The molecule has 6 nitrogen and oxygen atoms in total. The van der Waals surface area contributed by atoms with Gasteiger partial charge in [-0.15, -0.1) is 0 Å². The van der Waals surface area contributed by atoms with Gasteiger partial charge in [-0.05, 0) is 38.0 Å². The van der Waals surface area contributed by atoms with Crippen LogP contribution in [0.3, 0.4) is 0 Å². The summed E-state index contributed by atoms with van der Waals surface area (Å²) in [6.07, 6.45) is 2.73. The summed E-state index contributed by atoms with van der Waals surface area (Å²) < 4.78 is 26.7. The molecule has 1 amide bonds. The van der Waals surface area contributed by atoms with Gasteiger partial charge in [0, 0.05) is 18.2 Å². The summed E-state index contributed by atoms with van der Waals surface area (Å²) in [6.45, 7) is 2.39. The maximum absolute atomic E-state index is 12.6. The predicted molar refractivity (Wildman–Crippen MR) is 76.6 cm³/mol. The third kappa shape index (κ3) is 2.64. The van der Waals surface area contributed by atoms with Crippen molar-refractivity contribution in [1.82, 2.24) is 4.31 Å². The topological polar surface area (TPSA) is 106 Å². The number of carbonyl (C=O) groups excluding carboxylic acids is 1. The molecule has 1 fully saturated rings. The van der Waals surface area contributed by atoms with E-state index in [-0.39, 0.29) is 22.2 Å². The Hall–Kier alpha value is -1.60. The zero-order valence-electron chi connectivity index (χ0n) is 11.4. The van der Waals surface area contributed by atoms with Gasteiger partial charge in [0.05, 0.1) is 5.69 Å². The quantitative estimate of drug-likeness (QED) is 0.809. The lowest BCUT2D eigenvalue weighted by atomic mass is 10.1. The van der Waals surface area contributed by atoms with Gasteiger partial charge in [-0.2, -0.15) is 4.31 Å². The molecule has 0 bridgehead atoms. The van der Waals surface area contributed by atoms with E-state index in [1.165, 1.54) is 22.5 Å². The predicted octanol–water partition coefficient (Wildman–Crippen LogP) is 0.931. The van der Waals surface area contributed by atoms with E-state index in [0.717, 1.165) is 19.3 Å². The van der Waals surface area contributed by atoms with Gasteiger partial charge >= 0.3 is 0 Å². The van der Waals surface area contributed by atoms with Gasteiger partial charge < -0.3 is 11.5 Å². The number of hydrogen-bond acceptors (Lipinski definition) is 4. The minimum Gasteiger partial charge on any atom is -0.398 e. The van der Waals surface area contributed by atoms with E-state index in [9.17, 15) is 13.2 Å². The first-order chi connectivity index (χ1) is 9.34. The number of rotatable bonds is 3. The normalized spacial score (nSPS) is 20.8. The zero-order chi connectivity index (χ0) is 14.9. The molecule has 1 aliphatic heterocycles. The third-order valence-corrected chi connectivity index (χ3v) is 5.71. The first kappa shape index (κ1) is 14.8. The second kappa shape index (κ2) is 5.41. The number of anilines is 1. The van der Waals surface area contributed by atoms with Gasteiger partial charge in [0.2, 0.25) is 15.9 Å². The van der Waals surface area contributed by atoms with Crippen LogP contribution in [0.4, 0.5) is 5.69 Å². The Morgan fingerprint density at radius 2 is 2.05 bits per heavy atom. The first-order valence-corrected chi connectivity index (χ1v) is 7.99. The van der Waals surface area contributed by atoms with E-state index in [4.69, 9.17) is 11.5 Å². The molecule has 0 spiro atoms. The first-order valence-electron chi connectivity index (χ1n) is 6.55. The summed E-state index contributed by atoms with van der Waals surface area (Å²) in [5, 5.41) is 0. The molecular weight excluding hydrogens is 278 g/mol. The SMILES string of the molecule is CC1CCCCN1S(=O)(=O)c1ccc(C(N)=O)cc1N. The molecule has 0 aliphatic carbocycles. The zero-order valence-corrected chi connectivity index (χ0v) is 12.2. The Balaban J connectivity index is 2.41. The van der Waals surface area contributed by atoms with Crippen LogP contribution in [0.15, 0.2) is 23.1 Å². The molecule has 2 rings (SSSR count). The molecule has 0 radical (unpaired) electrons. The average Bonchev–Trinajstić information content (AvgIpc) is 2.38. The Kier molecular flexibility index (Phi) is 4.01. The van der Waals surface area contributed by atoms with Crippen molar-refractivity contribution in [3.63, 3.8) is 0 Å². The lowest BCUT2D eigenvalue weighted by molar-refractivity contribution is 0.1000. The molecule has 1 heterocycles. The summed E-state index contributed by atoms with van der Waals surface area (Å²) in [6, 6.07) is 4.01. The van der Waals surface area contributed by atoms with Crippen molar-refractivity contribution in [3.8, 4) is 0 Å². The highest BCUT2D eigenvalue weighted by Gasteiger charge is 2.32. The molecule has 0 saturated carbocycles. The minimum absolute atomic E-state index is 0.0380. The Labute approximate surface area is 118 Å². The minimum atomic E-state index is -3.63. The number of primary amides is 1. The highest BCUT2D eigenvalue weighted by Crippen LogP contribution is 2.28. The molecule has 1 saturated heterocycles. The van der Waals surface area contributed by atoms with Crippen LogP contribution < -0.4 is 11.5 Å². The molecule has 1 aliphatic rings. The lowest BCUT2D eigenvalue weighted by Gasteiger charge is -2.32.